The molecule has 0 bridgehead atoms. The molecule has 2 aromatic rings. The average Bonchev–Trinajstić information content (AvgIpc) is 2.36. The fraction of sp³-hybridized carbons (Fsp3) is 0.133. The number of nitrogens with one attached hydrogen (secondary N) is 2. The van der Waals surface area contributed by atoms with Crippen LogP contribution < -0.4 is 10.6 Å². The number of rotatable bonds is 2. The summed E-state index contributed by atoms with van der Waals surface area (Å²) < 4.78 is 12.9. The van der Waals surface area contributed by atoms with Crippen molar-refractivity contribution in [1.82, 2.24) is 0 Å². The van der Waals surface area contributed by atoms with Crippen molar-refractivity contribution < 1.29 is 9.18 Å². The van der Waals surface area contributed by atoms with Crippen molar-refractivity contribution in [2.75, 3.05) is 10.6 Å². The molecule has 19 heavy (non-hydrogen) atoms. The van der Waals surface area contributed by atoms with Gasteiger partial charge in [0.05, 0.1) is 0 Å². The Balaban J connectivity index is 2.03. The fourth-order valence-corrected chi connectivity index (χ4v) is 1.69. The van der Waals surface area contributed by atoms with Crippen molar-refractivity contribution in [3.8, 4) is 0 Å². The number of benzene rings is 2. The van der Waals surface area contributed by atoms with Gasteiger partial charge in [0.25, 0.3) is 0 Å². The van der Waals surface area contributed by atoms with Gasteiger partial charge in [-0.05, 0) is 49.7 Å². The summed E-state index contributed by atoms with van der Waals surface area (Å²) in [6, 6.07) is 11.4. The van der Waals surface area contributed by atoms with Crippen LogP contribution in [0.1, 0.15) is 11.1 Å². The molecule has 0 spiro atoms. The zero-order valence-corrected chi connectivity index (χ0v) is 10.8. The van der Waals surface area contributed by atoms with Crippen molar-refractivity contribution in [2.24, 2.45) is 0 Å². The Bertz CT molecular complexity index is 594. The van der Waals surface area contributed by atoms with Crippen LogP contribution >= 0.6 is 0 Å². The summed E-state index contributed by atoms with van der Waals surface area (Å²) in [5, 5.41) is 5.40. The highest BCUT2D eigenvalue weighted by Crippen LogP contribution is 2.16. The Morgan fingerprint density at radius 2 is 1.68 bits per heavy atom. The average molecular weight is 258 g/mol. The Labute approximate surface area is 111 Å². The first kappa shape index (κ1) is 13.1. The molecular weight excluding hydrogens is 243 g/mol. The molecule has 2 aromatic carbocycles. The van der Waals surface area contributed by atoms with Crippen LogP contribution in [0, 0.1) is 19.7 Å². The molecule has 98 valence electrons. The summed E-state index contributed by atoms with van der Waals surface area (Å²) in [4.78, 5) is 11.8. The Morgan fingerprint density at radius 1 is 1.00 bits per heavy atom. The summed E-state index contributed by atoms with van der Waals surface area (Å²) in [5.74, 6) is -0.318. The number of aryl methyl sites for hydroxylation is 2. The summed E-state index contributed by atoms with van der Waals surface area (Å²) in [6.07, 6.45) is 0. The predicted molar refractivity (Wildman–Crippen MR) is 75.0 cm³/mol. The maximum absolute atomic E-state index is 12.9. The molecular formula is C15H15FN2O. The minimum atomic E-state index is -0.349. The smallest absolute Gasteiger partial charge is 0.308 e. The van der Waals surface area contributed by atoms with E-state index in [0.29, 0.717) is 16.9 Å². The van der Waals surface area contributed by atoms with Gasteiger partial charge in [-0.3, -0.25) is 0 Å². The number of carbonyl (C=O) groups is 1. The zero-order valence-electron chi connectivity index (χ0n) is 10.8. The Morgan fingerprint density at radius 3 is 2.32 bits per heavy atom. The highest BCUT2D eigenvalue weighted by atomic mass is 19.1. The van der Waals surface area contributed by atoms with Crippen LogP contribution in [-0.2, 0) is 0 Å². The van der Waals surface area contributed by atoms with Gasteiger partial charge in [0.15, 0.2) is 0 Å². The summed E-state index contributed by atoms with van der Waals surface area (Å²) in [7, 11) is 0. The minimum absolute atomic E-state index is 0.318. The van der Waals surface area contributed by atoms with Crippen molar-refractivity contribution in [1.29, 1.82) is 0 Å². The van der Waals surface area contributed by atoms with E-state index in [9.17, 15) is 9.18 Å². The topological polar surface area (TPSA) is 41.1 Å². The lowest BCUT2D eigenvalue weighted by molar-refractivity contribution is 0.262. The lowest BCUT2D eigenvalue weighted by atomic mass is 10.2. The van der Waals surface area contributed by atoms with Gasteiger partial charge in [-0.2, -0.15) is 0 Å². The van der Waals surface area contributed by atoms with Crippen molar-refractivity contribution >= 4 is 17.4 Å². The molecule has 2 rings (SSSR count). The van der Waals surface area contributed by atoms with E-state index in [4.69, 9.17) is 0 Å². The van der Waals surface area contributed by atoms with Gasteiger partial charge in [0, 0.05) is 11.4 Å². The zero-order chi connectivity index (χ0) is 13.8. The molecule has 0 aliphatic carbocycles. The molecule has 0 saturated heterocycles. The highest BCUT2D eigenvalue weighted by molar-refractivity contribution is 6.00. The van der Waals surface area contributed by atoms with Crippen LogP contribution in [0.5, 0.6) is 0 Å². The van der Waals surface area contributed by atoms with Crippen molar-refractivity contribution in [2.45, 2.75) is 13.8 Å². The summed E-state index contributed by atoms with van der Waals surface area (Å²) in [5.41, 5.74) is 3.10. The molecule has 3 nitrogen and oxygen atoms in total. The van der Waals surface area contributed by atoms with Crippen LogP contribution in [-0.4, -0.2) is 6.03 Å². The molecule has 2 amide bonds. The molecule has 0 heterocycles. The molecule has 0 fully saturated rings. The first-order chi connectivity index (χ1) is 9.04. The first-order valence-electron chi connectivity index (χ1n) is 5.95. The Kier molecular flexibility index (Phi) is 3.80. The maximum atomic E-state index is 12.9. The van der Waals surface area contributed by atoms with E-state index in [0.717, 1.165) is 5.56 Å². The van der Waals surface area contributed by atoms with Gasteiger partial charge in [-0.1, -0.05) is 17.7 Å². The lowest BCUT2D eigenvalue weighted by Gasteiger charge is -2.10. The molecule has 2 N–H and O–H groups in total. The SMILES string of the molecule is Cc1ccc(NC(=O)Nc2ccc(F)cc2C)cc1. The second-order valence-corrected chi connectivity index (χ2v) is 4.40. The van der Waals surface area contributed by atoms with E-state index >= 15 is 0 Å². The van der Waals surface area contributed by atoms with Crippen molar-refractivity contribution in [3.05, 3.63) is 59.4 Å². The van der Waals surface area contributed by atoms with Crippen LogP contribution in [0.15, 0.2) is 42.5 Å². The second-order valence-electron chi connectivity index (χ2n) is 4.40. The maximum Gasteiger partial charge on any atom is 0.323 e. The fourth-order valence-electron chi connectivity index (χ4n) is 1.69. The van der Waals surface area contributed by atoms with E-state index < -0.39 is 0 Å². The third-order valence-corrected chi connectivity index (χ3v) is 2.75. The molecule has 0 saturated carbocycles. The van der Waals surface area contributed by atoms with Crippen LogP contribution in [0.25, 0.3) is 0 Å². The molecule has 0 radical (unpaired) electrons. The van der Waals surface area contributed by atoms with Crippen LogP contribution in [0.2, 0.25) is 0 Å². The predicted octanol–water partition coefficient (Wildman–Crippen LogP) is 4.09. The first-order valence-corrected chi connectivity index (χ1v) is 5.95. The number of urea groups is 1. The number of hydrogen-bond donors (Lipinski definition) is 2. The van der Waals surface area contributed by atoms with Gasteiger partial charge >= 0.3 is 6.03 Å². The number of amides is 2. The van der Waals surface area contributed by atoms with Crippen LogP contribution in [0.4, 0.5) is 20.6 Å². The van der Waals surface area contributed by atoms with Gasteiger partial charge in [0.2, 0.25) is 0 Å². The van der Waals surface area contributed by atoms with Gasteiger partial charge in [-0.25, -0.2) is 9.18 Å². The lowest BCUT2D eigenvalue weighted by Crippen LogP contribution is -2.19. The van der Waals surface area contributed by atoms with Gasteiger partial charge < -0.3 is 10.6 Å². The number of carbonyl (C=O) groups excluding carboxylic acids is 1. The van der Waals surface area contributed by atoms with Gasteiger partial charge in [0.1, 0.15) is 5.82 Å². The number of hydrogen-bond acceptors (Lipinski definition) is 1. The van der Waals surface area contributed by atoms with E-state index in [1.54, 1.807) is 13.0 Å². The highest BCUT2D eigenvalue weighted by Gasteiger charge is 2.05. The van der Waals surface area contributed by atoms with Crippen molar-refractivity contribution in [3.63, 3.8) is 0 Å². The summed E-state index contributed by atoms with van der Waals surface area (Å²) >= 11 is 0. The van der Waals surface area contributed by atoms with Crippen LogP contribution in [0.3, 0.4) is 0 Å². The normalized spacial score (nSPS) is 10.1. The molecule has 0 aliphatic rings. The molecule has 0 unspecified atom stereocenters. The quantitative estimate of drug-likeness (QED) is 0.837. The summed E-state index contributed by atoms with van der Waals surface area (Å²) in [6.45, 7) is 3.72. The van der Waals surface area contributed by atoms with Gasteiger partial charge in [-0.15, -0.1) is 0 Å². The molecule has 0 atom stereocenters. The van der Waals surface area contributed by atoms with E-state index in [2.05, 4.69) is 10.6 Å². The Hall–Kier alpha value is -2.36. The molecule has 4 heteroatoms. The minimum Gasteiger partial charge on any atom is -0.308 e. The van der Waals surface area contributed by atoms with E-state index in [-0.39, 0.29) is 11.8 Å². The second kappa shape index (κ2) is 5.52. The monoisotopic (exact) mass is 258 g/mol. The third-order valence-electron chi connectivity index (χ3n) is 2.75. The largest absolute Gasteiger partial charge is 0.323 e. The van der Waals surface area contributed by atoms with E-state index in [1.165, 1.54) is 12.1 Å². The number of halogens is 1. The molecule has 0 aliphatic heterocycles. The third kappa shape index (κ3) is 3.55. The number of anilines is 2. The molecule has 0 aromatic heterocycles. The van der Waals surface area contributed by atoms with E-state index in [1.807, 2.05) is 31.2 Å². The standard InChI is InChI=1S/C15H15FN2O/c1-10-3-6-13(7-4-10)17-15(19)18-14-8-5-12(16)9-11(14)2/h3-9H,1-2H3,(H2,17,18,19).